The summed E-state index contributed by atoms with van der Waals surface area (Å²) in [6, 6.07) is 17.1. The standard InChI is InChI=1S/C25H17ClN2O7/c1-2-33-22-13-15(8-11-21(22)34-24(29)16-6-4-3-5-7-16)12-20-25(30)35-23(27-20)18-10-9-17(28(31)32)14-19(18)26/h3-14H,2H2,1H3/b20-12-. The minimum Gasteiger partial charge on any atom is -0.490 e. The van der Waals surface area contributed by atoms with Crippen molar-refractivity contribution in [3.05, 3.63) is 104 Å². The van der Waals surface area contributed by atoms with E-state index in [1.807, 2.05) is 0 Å². The molecule has 0 fully saturated rings. The van der Waals surface area contributed by atoms with Crippen molar-refractivity contribution < 1.29 is 28.7 Å². The summed E-state index contributed by atoms with van der Waals surface area (Å²) in [6.07, 6.45) is 1.47. The maximum Gasteiger partial charge on any atom is 0.363 e. The molecule has 0 bridgehead atoms. The van der Waals surface area contributed by atoms with E-state index in [-0.39, 0.29) is 33.6 Å². The van der Waals surface area contributed by atoms with Gasteiger partial charge >= 0.3 is 11.9 Å². The Morgan fingerprint density at radius 1 is 1.11 bits per heavy atom. The van der Waals surface area contributed by atoms with Crippen LogP contribution >= 0.6 is 11.6 Å². The van der Waals surface area contributed by atoms with E-state index in [4.69, 9.17) is 25.8 Å². The lowest BCUT2D eigenvalue weighted by atomic mass is 10.1. The molecule has 0 aromatic heterocycles. The van der Waals surface area contributed by atoms with Crippen molar-refractivity contribution in [2.24, 2.45) is 4.99 Å². The SMILES string of the molecule is CCOc1cc(/C=C2\N=C(c3ccc([N+](=O)[O-])cc3Cl)OC2=O)ccc1OC(=O)c1ccccc1. The molecule has 0 amide bonds. The summed E-state index contributed by atoms with van der Waals surface area (Å²) in [5.74, 6) is -0.795. The monoisotopic (exact) mass is 492 g/mol. The number of aliphatic imine (C=N–C) groups is 1. The lowest BCUT2D eigenvalue weighted by Gasteiger charge is -2.11. The third-order valence-electron chi connectivity index (χ3n) is 4.80. The molecule has 0 atom stereocenters. The lowest BCUT2D eigenvalue weighted by Crippen LogP contribution is -2.09. The minimum absolute atomic E-state index is 0.00843. The summed E-state index contributed by atoms with van der Waals surface area (Å²) >= 11 is 6.11. The van der Waals surface area contributed by atoms with Crippen molar-refractivity contribution in [3.63, 3.8) is 0 Å². The van der Waals surface area contributed by atoms with Crippen LogP contribution < -0.4 is 9.47 Å². The predicted octanol–water partition coefficient (Wildman–Crippen LogP) is 5.21. The molecule has 0 saturated carbocycles. The number of carbonyl (C=O) groups excluding carboxylic acids is 2. The number of halogens is 1. The first-order chi connectivity index (χ1) is 16.9. The Morgan fingerprint density at radius 3 is 2.57 bits per heavy atom. The van der Waals surface area contributed by atoms with Gasteiger partial charge in [-0.3, -0.25) is 10.1 Å². The van der Waals surface area contributed by atoms with Gasteiger partial charge in [0.1, 0.15) is 0 Å². The van der Waals surface area contributed by atoms with Crippen LogP contribution in [0.25, 0.3) is 6.08 Å². The molecule has 0 unspecified atom stereocenters. The van der Waals surface area contributed by atoms with Gasteiger partial charge in [-0.15, -0.1) is 0 Å². The maximum absolute atomic E-state index is 12.4. The van der Waals surface area contributed by atoms with Gasteiger partial charge in [-0.2, -0.15) is 0 Å². The van der Waals surface area contributed by atoms with Crippen LogP contribution in [0.2, 0.25) is 5.02 Å². The number of ether oxygens (including phenoxy) is 3. The topological polar surface area (TPSA) is 117 Å². The van der Waals surface area contributed by atoms with Crippen molar-refractivity contribution in [1.82, 2.24) is 0 Å². The molecule has 4 rings (SSSR count). The molecule has 1 aliphatic heterocycles. The molecular weight excluding hydrogens is 476 g/mol. The molecule has 3 aromatic carbocycles. The van der Waals surface area contributed by atoms with Gasteiger partial charge in [-0.25, -0.2) is 14.6 Å². The number of nitro benzene ring substituents is 1. The lowest BCUT2D eigenvalue weighted by molar-refractivity contribution is -0.384. The summed E-state index contributed by atoms with van der Waals surface area (Å²) in [6.45, 7) is 2.10. The number of nitrogens with zero attached hydrogens (tertiary/aromatic N) is 2. The molecule has 1 heterocycles. The zero-order valence-electron chi connectivity index (χ0n) is 18.3. The molecule has 1 aliphatic rings. The molecule has 9 nitrogen and oxygen atoms in total. The van der Waals surface area contributed by atoms with Gasteiger partial charge in [0.25, 0.3) is 5.69 Å². The number of benzene rings is 3. The number of rotatable bonds is 7. The fourth-order valence-corrected chi connectivity index (χ4v) is 3.43. The van der Waals surface area contributed by atoms with E-state index in [2.05, 4.69) is 4.99 Å². The number of cyclic esters (lactones) is 1. The van der Waals surface area contributed by atoms with E-state index < -0.39 is 16.9 Å². The van der Waals surface area contributed by atoms with Crippen LogP contribution in [0.5, 0.6) is 11.5 Å². The van der Waals surface area contributed by atoms with Crippen LogP contribution in [0.3, 0.4) is 0 Å². The number of hydrogen-bond acceptors (Lipinski definition) is 8. The van der Waals surface area contributed by atoms with Gasteiger partial charge in [-0.05, 0) is 48.9 Å². The fraction of sp³-hybridized carbons (Fsp3) is 0.0800. The van der Waals surface area contributed by atoms with E-state index in [1.165, 1.54) is 18.2 Å². The Hall–Kier alpha value is -4.50. The Morgan fingerprint density at radius 2 is 1.89 bits per heavy atom. The molecule has 0 N–H and O–H groups in total. The maximum atomic E-state index is 12.4. The first-order valence-electron chi connectivity index (χ1n) is 10.4. The summed E-state index contributed by atoms with van der Waals surface area (Å²) in [5.41, 5.74) is 0.968. The summed E-state index contributed by atoms with van der Waals surface area (Å²) in [5, 5.41) is 10.9. The molecule has 35 heavy (non-hydrogen) atoms. The predicted molar refractivity (Wildman–Crippen MR) is 128 cm³/mol. The summed E-state index contributed by atoms with van der Waals surface area (Å²) < 4.78 is 16.3. The Kier molecular flexibility index (Phi) is 6.88. The van der Waals surface area contributed by atoms with Gasteiger partial charge in [0, 0.05) is 12.1 Å². The average Bonchev–Trinajstić information content (AvgIpc) is 3.20. The highest BCUT2D eigenvalue weighted by Gasteiger charge is 2.26. The molecule has 0 radical (unpaired) electrons. The molecular formula is C25H17ClN2O7. The van der Waals surface area contributed by atoms with Crippen molar-refractivity contribution in [3.8, 4) is 11.5 Å². The zero-order chi connectivity index (χ0) is 24.9. The molecule has 0 aliphatic carbocycles. The third kappa shape index (κ3) is 5.36. The van der Waals surface area contributed by atoms with E-state index in [0.29, 0.717) is 23.5 Å². The van der Waals surface area contributed by atoms with Gasteiger partial charge in [0.05, 0.1) is 27.7 Å². The quantitative estimate of drug-likeness (QED) is 0.146. The first kappa shape index (κ1) is 23.7. The fourth-order valence-electron chi connectivity index (χ4n) is 3.17. The molecule has 3 aromatic rings. The van der Waals surface area contributed by atoms with Gasteiger partial charge in [0.2, 0.25) is 5.90 Å². The van der Waals surface area contributed by atoms with Crippen LogP contribution in [0.4, 0.5) is 5.69 Å². The molecule has 0 spiro atoms. The second-order valence-corrected chi connectivity index (χ2v) is 7.56. The number of nitro groups is 1. The smallest absolute Gasteiger partial charge is 0.363 e. The van der Waals surface area contributed by atoms with Crippen molar-refractivity contribution in [2.75, 3.05) is 6.61 Å². The summed E-state index contributed by atoms with van der Waals surface area (Å²) in [4.78, 5) is 39.3. The van der Waals surface area contributed by atoms with Crippen molar-refractivity contribution >= 4 is 41.2 Å². The van der Waals surface area contributed by atoms with Gasteiger partial charge in [0.15, 0.2) is 17.2 Å². The number of non-ortho nitro benzene ring substituents is 1. The normalized spacial score (nSPS) is 13.8. The largest absolute Gasteiger partial charge is 0.490 e. The van der Waals surface area contributed by atoms with Crippen LogP contribution in [-0.4, -0.2) is 29.4 Å². The zero-order valence-corrected chi connectivity index (χ0v) is 19.0. The van der Waals surface area contributed by atoms with Crippen molar-refractivity contribution in [2.45, 2.75) is 6.92 Å². The van der Waals surface area contributed by atoms with Crippen LogP contribution in [0, 0.1) is 10.1 Å². The first-order valence-corrected chi connectivity index (χ1v) is 10.7. The molecule has 10 heteroatoms. The minimum atomic E-state index is -0.716. The second-order valence-electron chi connectivity index (χ2n) is 7.15. The average molecular weight is 493 g/mol. The molecule has 176 valence electrons. The van der Waals surface area contributed by atoms with E-state index in [0.717, 1.165) is 6.07 Å². The van der Waals surface area contributed by atoms with E-state index in [1.54, 1.807) is 55.5 Å². The van der Waals surface area contributed by atoms with Gasteiger partial charge < -0.3 is 14.2 Å². The Balaban J connectivity index is 1.60. The Bertz CT molecular complexity index is 1380. The highest BCUT2D eigenvalue weighted by molar-refractivity contribution is 6.34. The van der Waals surface area contributed by atoms with Crippen LogP contribution in [0.1, 0.15) is 28.4 Å². The summed E-state index contributed by atoms with van der Waals surface area (Å²) in [7, 11) is 0. The highest BCUT2D eigenvalue weighted by atomic mass is 35.5. The van der Waals surface area contributed by atoms with E-state index in [9.17, 15) is 19.7 Å². The van der Waals surface area contributed by atoms with Crippen molar-refractivity contribution in [1.29, 1.82) is 0 Å². The van der Waals surface area contributed by atoms with Crippen LogP contribution in [0.15, 0.2) is 77.4 Å². The molecule has 0 saturated heterocycles. The number of esters is 2. The number of carbonyl (C=O) groups is 2. The second kappa shape index (κ2) is 10.2. The Labute approximate surface area is 204 Å². The van der Waals surface area contributed by atoms with Gasteiger partial charge in [-0.1, -0.05) is 35.9 Å². The highest BCUT2D eigenvalue weighted by Crippen LogP contribution is 2.31. The van der Waals surface area contributed by atoms with Crippen LogP contribution in [-0.2, 0) is 9.53 Å². The third-order valence-corrected chi connectivity index (χ3v) is 5.11. The van der Waals surface area contributed by atoms with E-state index >= 15 is 0 Å². The number of hydrogen-bond donors (Lipinski definition) is 0.